The second kappa shape index (κ2) is 4.09. The summed E-state index contributed by atoms with van der Waals surface area (Å²) < 4.78 is 2.27. The Morgan fingerprint density at radius 3 is 2.56 bits per heavy atom. The molecule has 3 aromatic rings. The first-order chi connectivity index (χ1) is 8.72. The summed E-state index contributed by atoms with van der Waals surface area (Å²) >= 11 is 0. The fourth-order valence-electron chi connectivity index (χ4n) is 2.64. The van der Waals surface area contributed by atoms with Crippen LogP contribution in [0.2, 0.25) is 0 Å². The van der Waals surface area contributed by atoms with Crippen molar-refractivity contribution in [2.24, 2.45) is 0 Å². The van der Waals surface area contributed by atoms with Crippen LogP contribution >= 0.6 is 0 Å². The van der Waals surface area contributed by atoms with Crippen molar-refractivity contribution in [3.05, 3.63) is 41.5 Å². The predicted octanol–water partition coefficient (Wildman–Crippen LogP) is 3.45. The van der Waals surface area contributed by atoms with Gasteiger partial charge in [-0.25, -0.2) is 9.97 Å². The SMILES string of the molecule is CCCc1nc(C)c2c(C)nc3ccccc3n12. The van der Waals surface area contributed by atoms with E-state index in [2.05, 4.69) is 48.4 Å². The number of nitrogens with zero attached hydrogens (tertiary/aromatic N) is 3. The molecule has 92 valence electrons. The number of benzene rings is 1. The van der Waals surface area contributed by atoms with Crippen LogP contribution in [0.15, 0.2) is 24.3 Å². The molecule has 0 saturated heterocycles. The van der Waals surface area contributed by atoms with Gasteiger partial charge in [0.1, 0.15) is 5.82 Å². The molecule has 0 amide bonds. The molecule has 3 rings (SSSR count). The van der Waals surface area contributed by atoms with E-state index in [4.69, 9.17) is 4.98 Å². The number of para-hydroxylation sites is 2. The van der Waals surface area contributed by atoms with Crippen molar-refractivity contribution in [2.45, 2.75) is 33.6 Å². The summed E-state index contributed by atoms with van der Waals surface area (Å²) in [6, 6.07) is 8.27. The maximum Gasteiger partial charge on any atom is 0.114 e. The van der Waals surface area contributed by atoms with Gasteiger partial charge in [-0.05, 0) is 32.4 Å². The van der Waals surface area contributed by atoms with Gasteiger partial charge in [-0.1, -0.05) is 19.1 Å². The van der Waals surface area contributed by atoms with Gasteiger partial charge in [0.15, 0.2) is 0 Å². The number of fused-ring (bicyclic) bond motifs is 3. The van der Waals surface area contributed by atoms with Crippen LogP contribution in [0.3, 0.4) is 0 Å². The second-order valence-corrected chi connectivity index (χ2v) is 4.73. The van der Waals surface area contributed by atoms with Crippen LogP contribution in [0.5, 0.6) is 0 Å². The molecule has 3 nitrogen and oxygen atoms in total. The summed E-state index contributed by atoms with van der Waals surface area (Å²) in [4.78, 5) is 9.39. The first-order valence-electron chi connectivity index (χ1n) is 6.45. The van der Waals surface area contributed by atoms with E-state index < -0.39 is 0 Å². The molecule has 0 bridgehead atoms. The van der Waals surface area contributed by atoms with Crippen molar-refractivity contribution in [1.29, 1.82) is 0 Å². The molecule has 0 aliphatic heterocycles. The smallest absolute Gasteiger partial charge is 0.114 e. The Hall–Kier alpha value is -1.90. The maximum atomic E-state index is 4.71. The van der Waals surface area contributed by atoms with E-state index in [1.54, 1.807) is 0 Å². The predicted molar refractivity (Wildman–Crippen MR) is 74.0 cm³/mol. The summed E-state index contributed by atoms with van der Waals surface area (Å²) in [6.07, 6.45) is 2.11. The molecular weight excluding hydrogens is 222 g/mol. The average Bonchev–Trinajstić information content (AvgIpc) is 2.68. The van der Waals surface area contributed by atoms with E-state index in [1.165, 1.54) is 0 Å². The molecule has 0 aliphatic rings. The van der Waals surface area contributed by atoms with Gasteiger partial charge in [0.2, 0.25) is 0 Å². The van der Waals surface area contributed by atoms with Gasteiger partial charge in [-0.3, -0.25) is 4.40 Å². The Kier molecular flexibility index (Phi) is 2.54. The minimum Gasteiger partial charge on any atom is -0.293 e. The Morgan fingerprint density at radius 2 is 1.78 bits per heavy atom. The third-order valence-electron chi connectivity index (χ3n) is 3.35. The number of hydrogen-bond donors (Lipinski definition) is 0. The number of rotatable bonds is 2. The Labute approximate surface area is 106 Å². The van der Waals surface area contributed by atoms with E-state index >= 15 is 0 Å². The second-order valence-electron chi connectivity index (χ2n) is 4.73. The highest BCUT2D eigenvalue weighted by molar-refractivity contribution is 5.80. The molecule has 0 fully saturated rings. The molecule has 2 aromatic heterocycles. The molecule has 0 radical (unpaired) electrons. The zero-order chi connectivity index (χ0) is 12.7. The van der Waals surface area contributed by atoms with Gasteiger partial charge < -0.3 is 0 Å². The van der Waals surface area contributed by atoms with Gasteiger partial charge in [0.05, 0.1) is 27.9 Å². The Morgan fingerprint density at radius 1 is 1.06 bits per heavy atom. The van der Waals surface area contributed by atoms with Crippen LogP contribution in [-0.2, 0) is 6.42 Å². The lowest BCUT2D eigenvalue weighted by Crippen LogP contribution is -1.99. The van der Waals surface area contributed by atoms with Crippen molar-refractivity contribution in [2.75, 3.05) is 0 Å². The van der Waals surface area contributed by atoms with Gasteiger partial charge >= 0.3 is 0 Å². The van der Waals surface area contributed by atoms with E-state index in [1.807, 2.05) is 6.07 Å². The zero-order valence-electron chi connectivity index (χ0n) is 11.1. The summed E-state index contributed by atoms with van der Waals surface area (Å²) in [5, 5.41) is 0. The lowest BCUT2D eigenvalue weighted by molar-refractivity contribution is 0.835. The molecule has 0 atom stereocenters. The number of aromatic nitrogens is 3. The van der Waals surface area contributed by atoms with E-state index in [0.717, 1.165) is 46.6 Å². The van der Waals surface area contributed by atoms with E-state index in [-0.39, 0.29) is 0 Å². The minimum atomic E-state index is 1.00. The fraction of sp³-hybridized carbons (Fsp3) is 0.333. The first kappa shape index (κ1) is 11.2. The van der Waals surface area contributed by atoms with Crippen LogP contribution in [0.4, 0.5) is 0 Å². The van der Waals surface area contributed by atoms with Crippen molar-refractivity contribution in [3.63, 3.8) is 0 Å². The van der Waals surface area contributed by atoms with Crippen molar-refractivity contribution >= 4 is 16.6 Å². The Balaban J connectivity index is 2.52. The molecule has 0 saturated carbocycles. The molecule has 0 aliphatic carbocycles. The van der Waals surface area contributed by atoms with E-state index in [0.29, 0.717) is 0 Å². The summed E-state index contributed by atoms with van der Waals surface area (Å²) in [5.41, 5.74) is 5.49. The first-order valence-corrected chi connectivity index (χ1v) is 6.45. The fourth-order valence-corrected chi connectivity index (χ4v) is 2.64. The van der Waals surface area contributed by atoms with Gasteiger partial charge in [-0.2, -0.15) is 0 Å². The molecule has 2 heterocycles. The summed E-state index contributed by atoms with van der Waals surface area (Å²) in [7, 11) is 0. The van der Waals surface area contributed by atoms with Gasteiger partial charge in [0.25, 0.3) is 0 Å². The van der Waals surface area contributed by atoms with Gasteiger partial charge in [-0.15, -0.1) is 0 Å². The number of imidazole rings is 1. The zero-order valence-corrected chi connectivity index (χ0v) is 11.1. The van der Waals surface area contributed by atoms with Crippen LogP contribution in [0.1, 0.15) is 30.6 Å². The normalized spacial score (nSPS) is 11.5. The highest BCUT2D eigenvalue weighted by Gasteiger charge is 2.13. The lowest BCUT2D eigenvalue weighted by Gasteiger charge is -2.07. The lowest BCUT2D eigenvalue weighted by atomic mass is 10.2. The molecule has 1 aromatic carbocycles. The minimum absolute atomic E-state index is 1.00. The van der Waals surface area contributed by atoms with Crippen molar-refractivity contribution in [1.82, 2.24) is 14.4 Å². The third-order valence-corrected chi connectivity index (χ3v) is 3.35. The highest BCUT2D eigenvalue weighted by atomic mass is 15.1. The number of hydrogen-bond acceptors (Lipinski definition) is 2. The highest BCUT2D eigenvalue weighted by Crippen LogP contribution is 2.22. The summed E-state index contributed by atoms with van der Waals surface area (Å²) in [5.74, 6) is 1.15. The van der Waals surface area contributed by atoms with Crippen LogP contribution in [-0.4, -0.2) is 14.4 Å². The molecule has 0 unspecified atom stereocenters. The molecule has 3 heteroatoms. The standard InChI is InChI=1S/C15H17N3/c1-4-7-14-17-11(3)15-10(2)16-12-8-5-6-9-13(12)18(14)15/h5-6,8-9H,4,7H2,1-3H3. The topological polar surface area (TPSA) is 30.2 Å². The van der Waals surface area contributed by atoms with Crippen molar-refractivity contribution < 1.29 is 0 Å². The molecule has 0 spiro atoms. The van der Waals surface area contributed by atoms with E-state index in [9.17, 15) is 0 Å². The largest absolute Gasteiger partial charge is 0.293 e. The average molecular weight is 239 g/mol. The number of aryl methyl sites for hydroxylation is 3. The van der Waals surface area contributed by atoms with Crippen molar-refractivity contribution in [3.8, 4) is 0 Å². The molecule has 0 N–H and O–H groups in total. The Bertz CT molecular complexity index is 725. The quantitative estimate of drug-likeness (QED) is 0.685. The van der Waals surface area contributed by atoms with Crippen LogP contribution in [0.25, 0.3) is 16.6 Å². The van der Waals surface area contributed by atoms with Crippen LogP contribution < -0.4 is 0 Å². The summed E-state index contributed by atoms with van der Waals surface area (Å²) in [6.45, 7) is 6.32. The molecule has 18 heavy (non-hydrogen) atoms. The molecular formula is C15H17N3. The van der Waals surface area contributed by atoms with Crippen LogP contribution in [0, 0.1) is 13.8 Å². The maximum absolute atomic E-state index is 4.71. The third kappa shape index (κ3) is 1.50. The monoisotopic (exact) mass is 239 g/mol. The van der Waals surface area contributed by atoms with Gasteiger partial charge in [0, 0.05) is 6.42 Å².